The van der Waals surface area contributed by atoms with Gasteiger partial charge in [0, 0.05) is 31.2 Å². The summed E-state index contributed by atoms with van der Waals surface area (Å²) in [6, 6.07) is 0.539. The minimum absolute atomic E-state index is 0.0571. The van der Waals surface area contributed by atoms with Crippen molar-refractivity contribution in [3.05, 3.63) is 40.0 Å². The maximum atomic E-state index is 13.7. The highest BCUT2D eigenvalue weighted by Crippen LogP contribution is 2.35. The van der Waals surface area contributed by atoms with E-state index < -0.39 is 47.3 Å². The molecule has 1 aliphatic rings. The number of rotatable bonds is 6. The predicted molar refractivity (Wildman–Crippen MR) is 133 cm³/mol. The van der Waals surface area contributed by atoms with Crippen LogP contribution in [0.3, 0.4) is 0 Å². The summed E-state index contributed by atoms with van der Waals surface area (Å²) in [5, 5.41) is 15.7. The minimum atomic E-state index is -4.80. The number of thiazole rings is 2. The molecule has 3 aromatic rings. The number of carbonyl (C=O) groups excluding carboxylic acids is 1. The number of aliphatic hydroxyl groups excluding tert-OH is 1. The summed E-state index contributed by atoms with van der Waals surface area (Å²) in [4.78, 5) is 27.3. The van der Waals surface area contributed by atoms with Gasteiger partial charge in [-0.1, -0.05) is 0 Å². The molecule has 0 aliphatic carbocycles. The monoisotopic (exact) mass is 576 g/mol. The third-order valence-corrected chi connectivity index (χ3v) is 8.98. The topological polar surface area (TPSA) is 129 Å². The highest BCUT2D eigenvalue weighted by Gasteiger charge is 2.49. The molecule has 10 nitrogen and oxygen atoms in total. The van der Waals surface area contributed by atoms with Crippen LogP contribution < -0.4 is 5.32 Å². The standard InChI is InChI=1S/C21H23F3N6O4S3/c1-11-17(36-18(26-11)12(2)31)14-10-35-20(27-14)28-16-5-4-13(8-25-16)19(32)30-7-6-29(37(3,33)34)9-15(30)21(22,23)24/h4-5,8,10,12,15,31H,6-7,9H2,1-3H3,(H,25,27,28). The lowest BCUT2D eigenvalue weighted by Gasteiger charge is -2.40. The molecule has 0 bridgehead atoms. The average molecular weight is 577 g/mol. The average Bonchev–Trinajstić information content (AvgIpc) is 3.44. The molecular formula is C21H23F3N6O4S3. The van der Waals surface area contributed by atoms with E-state index in [9.17, 15) is 31.5 Å². The lowest BCUT2D eigenvalue weighted by molar-refractivity contribution is -0.184. The normalized spacial score (nSPS) is 18.1. The Morgan fingerprint density at radius 1 is 1.27 bits per heavy atom. The van der Waals surface area contributed by atoms with Crippen molar-refractivity contribution < 1.29 is 31.5 Å². The maximum Gasteiger partial charge on any atom is 0.410 e. The van der Waals surface area contributed by atoms with Crippen LogP contribution in [0.4, 0.5) is 24.1 Å². The Hall–Kier alpha value is -2.66. The van der Waals surface area contributed by atoms with E-state index >= 15 is 0 Å². The lowest BCUT2D eigenvalue weighted by Crippen LogP contribution is -2.61. The summed E-state index contributed by atoms with van der Waals surface area (Å²) >= 11 is 2.65. The number of anilines is 2. The van der Waals surface area contributed by atoms with Gasteiger partial charge in [-0.25, -0.2) is 23.4 Å². The van der Waals surface area contributed by atoms with Gasteiger partial charge in [0.2, 0.25) is 10.0 Å². The first-order chi connectivity index (χ1) is 17.2. The minimum Gasteiger partial charge on any atom is -0.386 e. The van der Waals surface area contributed by atoms with Gasteiger partial charge in [-0.3, -0.25) is 4.79 Å². The largest absolute Gasteiger partial charge is 0.410 e. The molecule has 0 aromatic carbocycles. The number of aryl methyl sites for hydroxylation is 1. The Bertz CT molecular complexity index is 1390. The summed E-state index contributed by atoms with van der Waals surface area (Å²) in [6.07, 6.45) is -3.49. The molecule has 2 atom stereocenters. The van der Waals surface area contributed by atoms with Gasteiger partial charge >= 0.3 is 6.18 Å². The molecule has 2 unspecified atom stereocenters. The first-order valence-electron chi connectivity index (χ1n) is 10.9. The number of piperazine rings is 1. The summed E-state index contributed by atoms with van der Waals surface area (Å²) in [5.41, 5.74) is 1.36. The Morgan fingerprint density at radius 2 is 2.00 bits per heavy atom. The van der Waals surface area contributed by atoms with Gasteiger partial charge < -0.3 is 15.3 Å². The summed E-state index contributed by atoms with van der Waals surface area (Å²) in [7, 11) is -3.83. The highest BCUT2D eigenvalue weighted by atomic mass is 32.2. The van der Waals surface area contributed by atoms with Crippen LogP contribution >= 0.6 is 22.7 Å². The fraction of sp³-hybridized carbons (Fsp3) is 0.429. The van der Waals surface area contributed by atoms with Crippen LogP contribution in [0.2, 0.25) is 0 Å². The predicted octanol–water partition coefficient (Wildman–Crippen LogP) is 3.42. The molecule has 1 aliphatic heterocycles. The molecule has 1 saturated heterocycles. The molecule has 37 heavy (non-hydrogen) atoms. The number of carbonyl (C=O) groups is 1. The second-order valence-electron chi connectivity index (χ2n) is 8.41. The molecule has 200 valence electrons. The molecular weight excluding hydrogens is 553 g/mol. The van der Waals surface area contributed by atoms with Crippen LogP contribution in [0.1, 0.15) is 34.1 Å². The molecule has 4 heterocycles. The Balaban J connectivity index is 1.47. The van der Waals surface area contributed by atoms with Crippen LogP contribution in [0.5, 0.6) is 0 Å². The van der Waals surface area contributed by atoms with Gasteiger partial charge in [0.15, 0.2) is 5.13 Å². The van der Waals surface area contributed by atoms with Crippen molar-refractivity contribution in [3.63, 3.8) is 0 Å². The first-order valence-corrected chi connectivity index (χ1v) is 14.5. The van der Waals surface area contributed by atoms with E-state index in [-0.39, 0.29) is 12.1 Å². The van der Waals surface area contributed by atoms with Crippen LogP contribution in [0.25, 0.3) is 10.6 Å². The van der Waals surface area contributed by atoms with Crippen molar-refractivity contribution in [1.29, 1.82) is 0 Å². The number of amides is 1. The molecule has 0 saturated carbocycles. The Kier molecular flexibility index (Phi) is 7.58. The molecule has 1 fully saturated rings. The molecule has 1 amide bonds. The van der Waals surface area contributed by atoms with Crippen LogP contribution in [0.15, 0.2) is 23.7 Å². The number of nitrogens with zero attached hydrogens (tertiary/aromatic N) is 5. The van der Waals surface area contributed by atoms with Crippen LogP contribution in [-0.4, -0.2) is 81.7 Å². The Labute approximate surface area is 218 Å². The lowest BCUT2D eigenvalue weighted by atomic mass is 10.1. The van der Waals surface area contributed by atoms with E-state index in [4.69, 9.17) is 0 Å². The van der Waals surface area contributed by atoms with Gasteiger partial charge in [-0.15, -0.1) is 22.7 Å². The highest BCUT2D eigenvalue weighted by molar-refractivity contribution is 7.88. The number of hydrogen-bond donors (Lipinski definition) is 2. The third kappa shape index (κ3) is 6.09. The van der Waals surface area contributed by atoms with E-state index in [1.165, 1.54) is 34.8 Å². The zero-order valence-electron chi connectivity index (χ0n) is 19.9. The van der Waals surface area contributed by atoms with Crippen LogP contribution in [0, 0.1) is 6.92 Å². The van der Waals surface area contributed by atoms with Crippen molar-refractivity contribution in [2.75, 3.05) is 31.2 Å². The van der Waals surface area contributed by atoms with Gasteiger partial charge in [0.1, 0.15) is 23.0 Å². The second kappa shape index (κ2) is 10.2. The van der Waals surface area contributed by atoms with Gasteiger partial charge in [0.05, 0.1) is 28.1 Å². The number of nitrogens with one attached hydrogen (secondary N) is 1. The smallest absolute Gasteiger partial charge is 0.386 e. The number of pyridine rings is 1. The molecule has 16 heteroatoms. The number of hydrogen-bond acceptors (Lipinski definition) is 10. The van der Waals surface area contributed by atoms with Crippen LogP contribution in [-0.2, 0) is 10.0 Å². The van der Waals surface area contributed by atoms with Gasteiger partial charge in [-0.2, -0.15) is 17.5 Å². The molecule has 4 rings (SSSR count). The SMILES string of the molecule is Cc1nc(C(C)O)sc1-c1csc(Nc2ccc(C(=O)N3CCN(S(C)(=O)=O)CC3C(F)(F)F)cn2)n1. The number of aliphatic hydroxyl groups is 1. The summed E-state index contributed by atoms with van der Waals surface area (Å²) in [6.45, 7) is 1.98. The third-order valence-electron chi connectivity index (χ3n) is 5.60. The molecule has 2 N–H and O–H groups in total. The number of halogens is 3. The maximum absolute atomic E-state index is 13.7. The second-order valence-corrected chi connectivity index (χ2v) is 12.3. The fourth-order valence-corrected chi connectivity index (χ4v) is 6.29. The number of aromatic nitrogens is 3. The number of alkyl halides is 3. The van der Waals surface area contributed by atoms with Crippen molar-refractivity contribution >= 4 is 49.6 Å². The van der Waals surface area contributed by atoms with E-state index in [2.05, 4.69) is 20.3 Å². The van der Waals surface area contributed by atoms with Crippen molar-refractivity contribution in [3.8, 4) is 10.6 Å². The molecule has 3 aromatic heterocycles. The van der Waals surface area contributed by atoms with Crippen molar-refractivity contribution in [2.24, 2.45) is 0 Å². The summed E-state index contributed by atoms with van der Waals surface area (Å²) in [5.74, 6) is -0.557. The van der Waals surface area contributed by atoms with E-state index in [0.29, 0.717) is 26.6 Å². The van der Waals surface area contributed by atoms with Crippen molar-refractivity contribution in [1.82, 2.24) is 24.2 Å². The quantitative estimate of drug-likeness (QED) is 0.457. The zero-order chi connectivity index (χ0) is 27.1. The Morgan fingerprint density at radius 3 is 2.57 bits per heavy atom. The van der Waals surface area contributed by atoms with Crippen molar-refractivity contribution in [2.45, 2.75) is 32.2 Å². The van der Waals surface area contributed by atoms with E-state index in [1.54, 1.807) is 6.92 Å². The molecule has 0 radical (unpaired) electrons. The first kappa shape index (κ1) is 27.4. The van der Waals surface area contributed by atoms with Gasteiger partial charge in [-0.05, 0) is 26.0 Å². The van der Waals surface area contributed by atoms with E-state index in [0.717, 1.165) is 27.3 Å². The molecule has 0 spiro atoms. The zero-order valence-corrected chi connectivity index (χ0v) is 22.3. The number of sulfonamides is 1. The fourth-order valence-electron chi connectivity index (χ4n) is 3.72. The van der Waals surface area contributed by atoms with E-state index in [1.807, 2.05) is 12.3 Å². The summed E-state index contributed by atoms with van der Waals surface area (Å²) < 4.78 is 65.2. The van der Waals surface area contributed by atoms with Gasteiger partial charge in [0.25, 0.3) is 5.91 Å².